The fraction of sp³-hybridized carbons (Fsp3) is 0.423. The molecule has 0 radical (unpaired) electrons. The molecule has 0 atom stereocenters. The predicted octanol–water partition coefficient (Wildman–Crippen LogP) is 2.11. The van der Waals surface area contributed by atoms with Gasteiger partial charge in [-0.1, -0.05) is 30.3 Å². The number of Topliss-reactive ketones (excluding diaryl/α,β-unsaturated/α-hetero) is 1. The van der Waals surface area contributed by atoms with Crippen LogP contribution in [0.5, 0.6) is 5.75 Å². The van der Waals surface area contributed by atoms with Crippen LogP contribution in [-0.2, 0) is 6.54 Å². The number of carbonyl (C=O) groups excluding carboxylic acids is 2. The second-order valence-electron chi connectivity index (χ2n) is 8.83. The topological polar surface area (TPSA) is 117 Å². The van der Waals surface area contributed by atoms with Gasteiger partial charge in [0.2, 0.25) is 0 Å². The minimum absolute atomic E-state index is 0.000203. The number of rotatable bonds is 9. The Morgan fingerprint density at radius 2 is 1.91 bits per heavy atom. The molecule has 1 fully saturated rings. The number of aliphatic hydroxyl groups excluding tert-OH is 1. The summed E-state index contributed by atoms with van der Waals surface area (Å²) in [5, 5.41) is 12.4. The third-order valence-electron chi connectivity index (χ3n) is 6.47. The zero-order valence-corrected chi connectivity index (χ0v) is 20.2. The highest BCUT2D eigenvalue weighted by molar-refractivity contribution is 6.03. The Balaban J connectivity index is 1.62. The molecule has 0 unspecified atom stereocenters. The Bertz CT molecular complexity index is 1260. The van der Waals surface area contributed by atoms with Crippen LogP contribution in [0, 0.1) is 6.92 Å². The number of β-amino-alcohol motifs (C(OH)–C–C–N with tert-alkyl or cyclic N) is 1. The van der Waals surface area contributed by atoms with Gasteiger partial charge in [0, 0.05) is 36.9 Å². The summed E-state index contributed by atoms with van der Waals surface area (Å²) in [4.78, 5) is 44.7. The number of aryl methyl sites for hydroxylation is 1. The van der Waals surface area contributed by atoms with Crippen LogP contribution >= 0.6 is 0 Å². The Labute approximate surface area is 203 Å². The van der Waals surface area contributed by atoms with Gasteiger partial charge in [0.15, 0.2) is 11.5 Å². The van der Waals surface area contributed by atoms with Gasteiger partial charge >= 0.3 is 0 Å². The van der Waals surface area contributed by atoms with Crippen LogP contribution in [-0.4, -0.2) is 70.1 Å². The minimum atomic E-state index is -0.375. The first kappa shape index (κ1) is 24.7. The molecule has 3 N–H and O–H groups in total. The van der Waals surface area contributed by atoms with Crippen LogP contribution in [0.3, 0.4) is 0 Å². The van der Waals surface area contributed by atoms with Crippen molar-refractivity contribution in [2.24, 2.45) is 0 Å². The molecule has 1 aromatic carbocycles. The van der Waals surface area contributed by atoms with E-state index in [0.717, 1.165) is 25.9 Å². The van der Waals surface area contributed by atoms with E-state index in [9.17, 15) is 14.4 Å². The SMILES string of the molecule is CCOc1c(C(=O)NC2CCN(CCO)CC2)[nH]c2cc(C)n(CC(=O)c3ccccc3)c(=O)c12. The van der Waals surface area contributed by atoms with E-state index >= 15 is 0 Å². The average molecular weight is 481 g/mol. The van der Waals surface area contributed by atoms with E-state index in [1.807, 2.05) is 6.07 Å². The summed E-state index contributed by atoms with van der Waals surface area (Å²) in [5.41, 5.74) is 1.48. The van der Waals surface area contributed by atoms with Gasteiger partial charge in [0.25, 0.3) is 11.5 Å². The molecule has 35 heavy (non-hydrogen) atoms. The number of amides is 1. The van der Waals surface area contributed by atoms with E-state index in [1.165, 1.54) is 4.57 Å². The van der Waals surface area contributed by atoms with Gasteiger partial charge in [-0.25, -0.2) is 0 Å². The highest BCUT2D eigenvalue weighted by Gasteiger charge is 2.27. The van der Waals surface area contributed by atoms with Crippen LogP contribution in [0.25, 0.3) is 10.9 Å². The molecular formula is C26H32N4O5. The van der Waals surface area contributed by atoms with Gasteiger partial charge in [-0.2, -0.15) is 0 Å². The molecule has 1 aliphatic heterocycles. The highest BCUT2D eigenvalue weighted by atomic mass is 16.5. The van der Waals surface area contributed by atoms with Crippen molar-refractivity contribution in [2.75, 3.05) is 32.8 Å². The van der Waals surface area contributed by atoms with Crippen molar-refractivity contribution < 1.29 is 19.4 Å². The normalized spacial score (nSPS) is 14.8. The number of aromatic amines is 1. The molecule has 0 aliphatic carbocycles. The monoisotopic (exact) mass is 480 g/mol. The zero-order valence-electron chi connectivity index (χ0n) is 20.2. The van der Waals surface area contributed by atoms with E-state index in [0.29, 0.717) is 23.3 Å². The summed E-state index contributed by atoms with van der Waals surface area (Å²) in [7, 11) is 0. The number of hydrogen-bond acceptors (Lipinski definition) is 6. The molecule has 0 bridgehead atoms. The van der Waals surface area contributed by atoms with Gasteiger partial charge in [-0.3, -0.25) is 14.4 Å². The molecule has 9 nitrogen and oxygen atoms in total. The Morgan fingerprint density at radius 1 is 1.20 bits per heavy atom. The fourth-order valence-corrected chi connectivity index (χ4v) is 4.61. The lowest BCUT2D eigenvalue weighted by Crippen LogP contribution is -2.45. The van der Waals surface area contributed by atoms with Gasteiger partial charge in [0.1, 0.15) is 11.1 Å². The van der Waals surface area contributed by atoms with Gasteiger partial charge in [-0.05, 0) is 32.8 Å². The van der Waals surface area contributed by atoms with Crippen LogP contribution in [0.4, 0.5) is 0 Å². The summed E-state index contributed by atoms with van der Waals surface area (Å²) >= 11 is 0. The predicted molar refractivity (Wildman–Crippen MR) is 133 cm³/mol. The minimum Gasteiger partial charge on any atom is -0.491 e. The van der Waals surface area contributed by atoms with Gasteiger partial charge < -0.3 is 29.6 Å². The number of H-pyrrole nitrogens is 1. The van der Waals surface area contributed by atoms with Crippen molar-refractivity contribution in [1.82, 2.24) is 19.8 Å². The van der Waals surface area contributed by atoms with E-state index in [-0.39, 0.29) is 59.9 Å². The molecule has 3 heterocycles. The summed E-state index contributed by atoms with van der Waals surface area (Å²) in [5.74, 6) is -0.285. The maximum absolute atomic E-state index is 13.5. The van der Waals surface area contributed by atoms with Crippen molar-refractivity contribution in [3.63, 3.8) is 0 Å². The molecule has 1 aliphatic rings. The first-order chi connectivity index (χ1) is 16.9. The Morgan fingerprint density at radius 3 is 2.57 bits per heavy atom. The number of hydrogen-bond donors (Lipinski definition) is 3. The summed E-state index contributed by atoms with van der Waals surface area (Å²) in [6.07, 6.45) is 1.56. The number of benzene rings is 1. The summed E-state index contributed by atoms with van der Waals surface area (Å²) in [6.45, 7) is 6.10. The number of piperidine rings is 1. The van der Waals surface area contributed by atoms with E-state index < -0.39 is 0 Å². The van der Waals surface area contributed by atoms with E-state index in [2.05, 4.69) is 15.2 Å². The molecule has 1 amide bonds. The number of ether oxygens (including phenoxy) is 1. The lowest BCUT2D eigenvalue weighted by Gasteiger charge is -2.31. The number of aliphatic hydroxyl groups is 1. The third kappa shape index (κ3) is 5.31. The molecule has 0 saturated carbocycles. The molecule has 0 spiro atoms. The number of pyridine rings is 1. The van der Waals surface area contributed by atoms with Gasteiger partial charge in [-0.15, -0.1) is 0 Å². The third-order valence-corrected chi connectivity index (χ3v) is 6.47. The summed E-state index contributed by atoms with van der Waals surface area (Å²) < 4.78 is 7.21. The smallest absolute Gasteiger partial charge is 0.271 e. The molecule has 186 valence electrons. The number of aromatic nitrogens is 2. The van der Waals surface area contributed by atoms with Crippen molar-refractivity contribution >= 4 is 22.6 Å². The standard InChI is InChI=1S/C26H32N4O5/c1-3-35-24-22-20(28-23(24)25(33)27-19-9-11-29(12-10-19)13-14-31)15-17(2)30(26(22)34)16-21(32)18-7-5-4-6-8-18/h4-8,15,19,28,31H,3,9-14,16H2,1-2H3,(H,27,33). The lowest BCUT2D eigenvalue weighted by molar-refractivity contribution is 0.0894. The first-order valence-electron chi connectivity index (χ1n) is 12.0. The average Bonchev–Trinajstić information content (AvgIpc) is 3.22. The van der Waals surface area contributed by atoms with Crippen molar-refractivity contribution in [3.05, 3.63) is 63.7 Å². The molecule has 9 heteroatoms. The molecular weight excluding hydrogens is 448 g/mol. The molecule has 1 saturated heterocycles. The molecule has 2 aromatic heterocycles. The number of nitrogens with zero attached hydrogens (tertiary/aromatic N) is 2. The van der Waals surface area contributed by atoms with E-state index in [4.69, 9.17) is 9.84 Å². The maximum Gasteiger partial charge on any atom is 0.271 e. The van der Waals surface area contributed by atoms with Crippen molar-refractivity contribution in [1.29, 1.82) is 0 Å². The van der Waals surface area contributed by atoms with Gasteiger partial charge in [0.05, 0.1) is 25.3 Å². The number of carbonyl (C=O) groups is 2. The number of likely N-dealkylation sites (tertiary alicyclic amines) is 1. The Hall–Kier alpha value is -3.43. The van der Waals surface area contributed by atoms with Crippen molar-refractivity contribution in [3.8, 4) is 5.75 Å². The van der Waals surface area contributed by atoms with Crippen molar-refractivity contribution in [2.45, 2.75) is 39.3 Å². The quantitative estimate of drug-likeness (QED) is 0.404. The number of fused-ring (bicyclic) bond motifs is 1. The lowest BCUT2D eigenvalue weighted by atomic mass is 10.0. The second-order valence-corrected chi connectivity index (χ2v) is 8.83. The fourth-order valence-electron chi connectivity index (χ4n) is 4.61. The zero-order chi connectivity index (χ0) is 24.9. The number of ketones is 1. The summed E-state index contributed by atoms with van der Waals surface area (Å²) in [6, 6.07) is 10.6. The first-order valence-corrected chi connectivity index (χ1v) is 12.0. The molecule has 4 rings (SSSR count). The largest absolute Gasteiger partial charge is 0.491 e. The number of nitrogens with one attached hydrogen (secondary N) is 2. The Kier molecular flexibility index (Phi) is 7.67. The highest BCUT2D eigenvalue weighted by Crippen LogP contribution is 2.29. The van der Waals surface area contributed by atoms with Crippen LogP contribution in [0.2, 0.25) is 0 Å². The maximum atomic E-state index is 13.5. The second kappa shape index (κ2) is 10.9. The van der Waals surface area contributed by atoms with Crippen LogP contribution in [0.1, 0.15) is 46.3 Å². The molecule has 3 aromatic rings. The van der Waals surface area contributed by atoms with Crippen LogP contribution < -0.4 is 15.6 Å². The van der Waals surface area contributed by atoms with Crippen LogP contribution in [0.15, 0.2) is 41.2 Å². The van der Waals surface area contributed by atoms with E-state index in [1.54, 1.807) is 44.2 Å².